The number of rotatable bonds is 4. The molecule has 0 radical (unpaired) electrons. The molecule has 0 fully saturated rings. The number of hydrogen-bond acceptors (Lipinski definition) is 3. The van der Waals surface area contributed by atoms with E-state index >= 15 is 0 Å². The third-order valence-corrected chi connectivity index (χ3v) is 3.09. The average Bonchev–Trinajstić information content (AvgIpc) is 2.49. The smallest absolute Gasteiger partial charge is 0.315 e. The molecule has 1 atom stereocenters. The van der Waals surface area contributed by atoms with Crippen LogP contribution in [-0.2, 0) is 9.53 Å². The molecule has 0 aliphatic rings. The number of ether oxygens (including phenoxy) is 1. The number of esters is 1. The van der Waals surface area contributed by atoms with Crippen LogP contribution in [0.4, 0.5) is 0 Å². The van der Waals surface area contributed by atoms with Crippen molar-refractivity contribution in [3.05, 3.63) is 60.2 Å². The molecule has 0 bridgehead atoms. The zero-order chi connectivity index (χ0) is 13.7. The highest BCUT2D eigenvalue weighted by molar-refractivity contribution is 5.78. The second-order valence-electron chi connectivity index (χ2n) is 4.25. The van der Waals surface area contributed by atoms with E-state index in [9.17, 15) is 9.90 Å². The molecule has 2 rings (SSSR count). The van der Waals surface area contributed by atoms with Gasteiger partial charge in [0.2, 0.25) is 0 Å². The Morgan fingerprint density at radius 3 is 2.16 bits per heavy atom. The van der Waals surface area contributed by atoms with E-state index in [0.29, 0.717) is 0 Å². The van der Waals surface area contributed by atoms with Gasteiger partial charge in [-0.05, 0) is 16.7 Å². The largest absolute Gasteiger partial charge is 0.468 e. The minimum absolute atomic E-state index is 0.253. The first-order chi connectivity index (χ1) is 9.26. The normalized spacial score (nSPS) is 11.9. The van der Waals surface area contributed by atoms with Gasteiger partial charge in [-0.15, -0.1) is 0 Å². The molecule has 0 heterocycles. The fraction of sp³-hybridized carbons (Fsp3) is 0.188. The molecule has 0 aliphatic heterocycles. The van der Waals surface area contributed by atoms with E-state index in [0.717, 1.165) is 16.7 Å². The topological polar surface area (TPSA) is 46.5 Å². The monoisotopic (exact) mass is 256 g/mol. The van der Waals surface area contributed by atoms with Gasteiger partial charge in [0.1, 0.15) is 5.92 Å². The van der Waals surface area contributed by atoms with Crippen LogP contribution in [0, 0.1) is 0 Å². The number of carbonyl (C=O) groups is 1. The quantitative estimate of drug-likeness (QED) is 0.855. The van der Waals surface area contributed by atoms with E-state index in [-0.39, 0.29) is 6.61 Å². The fourth-order valence-corrected chi connectivity index (χ4v) is 2.00. The van der Waals surface area contributed by atoms with Gasteiger partial charge >= 0.3 is 5.97 Å². The molecular weight excluding hydrogens is 240 g/mol. The number of benzene rings is 2. The summed E-state index contributed by atoms with van der Waals surface area (Å²) in [4.78, 5) is 11.5. The number of carbonyl (C=O) groups excluding carboxylic acids is 1. The van der Waals surface area contributed by atoms with Gasteiger partial charge in [0.05, 0.1) is 13.7 Å². The Morgan fingerprint density at radius 2 is 1.63 bits per heavy atom. The molecule has 1 N–H and O–H groups in total. The van der Waals surface area contributed by atoms with E-state index in [1.54, 1.807) is 0 Å². The molecule has 0 saturated carbocycles. The molecule has 3 nitrogen and oxygen atoms in total. The zero-order valence-electron chi connectivity index (χ0n) is 10.7. The Morgan fingerprint density at radius 1 is 1.05 bits per heavy atom. The van der Waals surface area contributed by atoms with Crippen molar-refractivity contribution >= 4 is 5.97 Å². The highest BCUT2D eigenvalue weighted by Gasteiger charge is 2.20. The van der Waals surface area contributed by atoms with Crippen molar-refractivity contribution in [2.45, 2.75) is 5.92 Å². The number of aliphatic hydroxyl groups is 1. The molecule has 2 aromatic rings. The maximum Gasteiger partial charge on any atom is 0.315 e. The summed E-state index contributed by atoms with van der Waals surface area (Å²) in [6, 6.07) is 17.6. The van der Waals surface area contributed by atoms with Crippen molar-refractivity contribution in [1.29, 1.82) is 0 Å². The fourth-order valence-electron chi connectivity index (χ4n) is 2.00. The molecular formula is C16H16O3. The first kappa shape index (κ1) is 13.3. The highest BCUT2D eigenvalue weighted by Crippen LogP contribution is 2.23. The molecule has 19 heavy (non-hydrogen) atoms. The molecule has 0 spiro atoms. The lowest BCUT2D eigenvalue weighted by molar-refractivity contribution is -0.143. The molecule has 2 aromatic carbocycles. The van der Waals surface area contributed by atoms with Gasteiger partial charge in [-0.25, -0.2) is 0 Å². The Kier molecular flexibility index (Phi) is 4.31. The maximum atomic E-state index is 11.5. The Hall–Kier alpha value is -2.13. The van der Waals surface area contributed by atoms with Crippen LogP contribution in [-0.4, -0.2) is 24.8 Å². The van der Waals surface area contributed by atoms with E-state index in [1.165, 1.54) is 7.11 Å². The van der Waals surface area contributed by atoms with Crippen LogP contribution in [0.5, 0.6) is 0 Å². The van der Waals surface area contributed by atoms with E-state index in [4.69, 9.17) is 0 Å². The minimum Gasteiger partial charge on any atom is -0.468 e. The van der Waals surface area contributed by atoms with Gasteiger partial charge < -0.3 is 9.84 Å². The van der Waals surface area contributed by atoms with Gasteiger partial charge in [0.15, 0.2) is 0 Å². The molecule has 0 amide bonds. The minimum atomic E-state index is -0.616. The van der Waals surface area contributed by atoms with Crippen molar-refractivity contribution in [2.75, 3.05) is 13.7 Å². The molecule has 1 unspecified atom stereocenters. The summed E-state index contributed by atoms with van der Waals surface area (Å²) in [5, 5.41) is 9.27. The third-order valence-electron chi connectivity index (χ3n) is 3.09. The number of hydrogen-bond donors (Lipinski definition) is 1. The molecule has 3 heteroatoms. The standard InChI is InChI=1S/C16H16O3/c1-19-16(18)15(11-17)14-9-7-13(8-10-14)12-5-3-2-4-6-12/h2-10,15,17H,11H2,1H3. The second kappa shape index (κ2) is 6.16. The predicted molar refractivity (Wildman–Crippen MR) is 73.7 cm³/mol. The van der Waals surface area contributed by atoms with Crippen molar-refractivity contribution in [1.82, 2.24) is 0 Å². The second-order valence-corrected chi connectivity index (χ2v) is 4.25. The summed E-state index contributed by atoms with van der Waals surface area (Å²) in [5.74, 6) is -1.04. The van der Waals surface area contributed by atoms with Gasteiger partial charge in [-0.3, -0.25) is 4.79 Å². The molecule has 0 aliphatic carbocycles. The van der Waals surface area contributed by atoms with Gasteiger partial charge in [0, 0.05) is 0 Å². The van der Waals surface area contributed by atoms with E-state index in [2.05, 4.69) is 4.74 Å². The molecule has 0 aromatic heterocycles. The molecule has 0 saturated heterocycles. The average molecular weight is 256 g/mol. The first-order valence-corrected chi connectivity index (χ1v) is 6.10. The van der Waals surface area contributed by atoms with Crippen LogP contribution in [0.3, 0.4) is 0 Å². The SMILES string of the molecule is COC(=O)C(CO)c1ccc(-c2ccccc2)cc1. The summed E-state index contributed by atoms with van der Waals surface area (Å²) in [7, 11) is 1.32. The summed E-state index contributed by atoms with van der Waals surface area (Å²) < 4.78 is 4.67. The Balaban J connectivity index is 2.25. The van der Waals surface area contributed by atoms with E-state index < -0.39 is 11.9 Å². The van der Waals surface area contributed by atoms with Crippen LogP contribution in [0.15, 0.2) is 54.6 Å². The highest BCUT2D eigenvalue weighted by atomic mass is 16.5. The van der Waals surface area contributed by atoms with Crippen LogP contribution in [0.2, 0.25) is 0 Å². The van der Waals surface area contributed by atoms with Crippen molar-refractivity contribution in [3.8, 4) is 11.1 Å². The summed E-state index contributed by atoms with van der Waals surface area (Å²) in [6.07, 6.45) is 0. The van der Waals surface area contributed by atoms with Crippen molar-refractivity contribution in [3.63, 3.8) is 0 Å². The number of aliphatic hydroxyl groups excluding tert-OH is 1. The number of methoxy groups -OCH3 is 1. The summed E-state index contributed by atoms with van der Waals surface area (Å²) >= 11 is 0. The van der Waals surface area contributed by atoms with Crippen LogP contribution >= 0.6 is 0 Å². The third kappa shape index (κ3) is 3.01. The van der Waals surface area contributed by atoms with Gasteiger partial charge in [-0.1, -0.05) is 54.6 Å². The van der Waals surface area contributed by atoms with Crippen molar-refractivity contribution < 1.29 is 14.6 Å². The van der Waals surface area contributed by atoms with Crippen LogP contribution in [0.1, 0.15) is 11.5 Å². The first-order valence-electron chi connectivity index (χ1n) is 6.10. The molecule has 98 valence electrons. The predicted octanol–water partition coefficient (Wildman–Crippen LogP) is 2.60. The van der Waals surface area contributed by atoms with Gasteiger partial charge in [-0.2, -0.15) is 0 Å². The lowest BCUT2D eigenvalue weighted by Crippen LogP contribution is -2.17. The van der Waals surface area contributed by atoms with Crippen LogP contribution < -0.4 is 0 Å². The van der Waals surface area contributed by atoms with Gasteiger partial charge in [0.25, 0.3) is 0 Å². The lowest BCUT2D eigenvalue weighted by atomic mass is 9.97. The van der Waals surface area contributed by atoms with Crippen LogP contribution in [0.25, 0.3) is 11.1 Å². The van der Waals surface area contributed by atoms with E-state index in [1.807, 2.05) is 54.6 Å². The summed E-state index contributed by atoms with van der Waals surface area (Å²) in [6.45, 7) is -0.253. The lowest BCUT2D eigenvalue weighted by Gasteiger charge is -2.12. The van der Waals surface area contributed by atoms with Crippen molar-refractivity contribution in [2.24, 2.45) is 0 Å². The zero-order valence-corrected chi connectivity index (χ0v) is 10.7. The maximum absolute atomic E-state index is 11.5. The Bertz CT molecular complexity index is 532. The Labute approximate surface area is 112 Å². The summed E-state index contributed by atoms with van der Waals surface area (Å²) in [5.41, 5.74) is 2.95.